The molecule has 0 saturated heterocycles. The Morgan fingerprint density at radius 3 is 2.69 bits per heavy atom. The summed E-state index contributed by atoms with van der Waals surface area (Å²) in [6.45, 7) is 4.48. The Morgan fingerprint density at radius 1 is 1.31 bits per heavy atom. The first-order valence-corrected chi connectivity index (χ1v) is 12.7. The van der Waals surface area contributed by atoms with Crippen LogP contribution in [0, 0.1) is 5.92 Å². The lowest BCUT2D eigenvalue weighted by Crippen LogP contribution is -2.50. The van der Waals surface area contributed by atoms with Gasteiger partial charge in [0, 0.05) is 28.4 Å². The Morgan fingerprint density at radius 2 is 2.03 bits per heavy atom. The fourth-order valence-corrected chi connectivity index (χ4v) is 4.90. The van der Waals surface area contributed by atoms with E-state index in [-0.39, 0.29) is 23.8 Å². The molecular formula is C22H31BrN2O3S. The lowest BCUT2D eigenvalue weighted by Gasteiger charge is -2.33. The monoisotopic (exact) mass is 482 g/mol. The average Bonchev–Trinajstić information content (AvgIpc) is 2.81. The van der Waals surface area contributed by atoms with Crippen molar-refractivity contribution in [3.63, 3.8) is 0 Å². The van der Waals surface area contributed by atoms with Gasteiger partial charge in [0.15, 0.2) is 6.10 Å². The molecule has 2 atom stereocenters. The zero-order valence-electron chi connectivity index (χ0n) is 17.4. The van der Waals surface area contributed by atoms with Gasteiger partial charge in [-0.1, -0.05) is 49.0 Å². The van der Waals surface area contributed by atoms with Gasteiger partial charge in [-0.3, -0.25) is 9.59 Å². The van der Waals surface area contributed by atoms with Gasteiger partial charge < -0.3 is 15.0 Å². The van der Waals surface area contributed by atoms with Crippen molar-refractivity contribution in [3.8, 4) is 5.75 Å². The van der Waals surface area contributed by atoms with Crippen LogP contribution in [0.2, 0.25) is 0 Å². The summed E-state index contributed by atoms with van der Waals surface area (Å²) in [6.07, 6.45) is 6.95. The highest BCUT2D eigenvalue weighted by atomic mass is 79.9. The van der Waals surface area contributed by atoms with E-state index in [0.717, 1.165) is 41.5 Å². The molecule has 160 valence electrons. The summed E-state index contributed by atoms with van der Waals surface area (Å²) in [5.74, 6) is 1.20. The van der Waals surface area contributed by atoms with Crippen LogP contribution < -0.4 is 10.1 Å². The van der Waals surface area contributed by atoms with Crippen LogP contribution in [0.25, 0.3) is 0 Å². The lowest BCUT2D eigenvalue weighted by molar-refractivity contribution is -0.146. The molecule has 1 saturated carbocycles. The Labute approximate surface area is 186 Å². The van der Waals surface area contributed by atoms with E-state index in [1.807, 2.05) is 38.3 Å². The molecule has 1 fully saturated rings. The molecule has 0 radical (unpaired) electrons. The highest BCUT2D eigenvalue weighted by Crippen LogP contribution is 2.38. The standard InChI is InChI=1S/C22H31BrN2O3S/c1-14(2)20-22(27)25(11-12-29-3)19(17-13-15(23)9-10-18(17)28-20)21(26)24-16-7-5-4-6-8-16/h9-10,13-14,16,19-20H,4-8,11-12H2,1-3H3,(H,24,26). The number of carbonyl (C=O) groups is 2. The van der Waals surface area contributed by atoms with Gasteiger partial charge in [0.1, 0.15) is 11.8 Å². The van der Waals surface area contributed by atoms with Crippen molar-refractivity contribution >= 4 is 39.5 Å². The quantitative estimate of drug-likeness (QED) is 0.645. The van der Waals surface area contributed by atoms with Crippen LogP contribution in [-0.2, 0) is 9.59 Å². The van der Waals surface area contributed by atoms with E-state index in [4.69, 9.17) is 4.74 Å². The maximum absolute atomic E-state index is 13.5. The third-order valence-corrected chi connectivity index (χ3v) is 6.78. The van der Waals surface area contributed by atoms with Crippen LogP contribution >= 0.6 is 27.7 Å². The molecule has 5 nitrogen and oxygen atoms in total. The number of nitrogens with zero attached hydrogens (tertiary/aromatic N) is 1. The maximum Gasteiger partial charge on any atom is 0.264 e. The fourth-order valence-electron chi connectivity index (χ4n) is 4.15. The summed E-state index contributed by atoms with van der Waals surface area (Å²) in [5, 5.41) is 3.24. The minimum atomic E-state index is -0.673. The van der Waals surface area contributed by atoms with E-state index in [1.165, 1.54) is 6.42 Å². The molecule has 2 aliphatic rings. The van der Waals surface area contributed by atoms with Crippen molar-refractivity contribution < 1.29 is 14.3 Å². The maximum atomic E-state index is 13.5. The third-order valence-electron chi connectivity index (χ3n) is 5.70. The van der Waals surface area contributed by atoms with Crippen molar-refractivity contribution in [2.24, 2.45) is 5.92 Å². The zero-order chi connectivity index (χ0) is 21.0. The summed E-state index contributed by atoms with van der Waals surface area (Å²) in [6, 6.07) is 5.19. The van der Waals surface area contributed by atoms with E-state index in [9.17, 15) is 9.59 Å². The normalized spacial score (nSPS) is 22.8. The topological polar surface area (TPSA) is 58.6 Å². The van der Waals surface area contributed by atoms with Crippen LogP contribution in [0.1, 0.15) is 57.6 Å². The van der Waals surface area contributed by atoms with Gasteiger partial charge in [0.2, 0.25) is 5.91 Å². The SMILES string of the molecule is CSCCN1C(=O)C(C(C)C)Oc2ccc(Br)cc2C1C(=O)NC1CCCCC1. The van der Waals surface area contributed by atoms with Crippen molar-refractivity contribution in [1.29, 1.82) is 0 Å². The predicted octanol–water partition coefficient (Wildman–Crippen LogP) is 4.55. The van der Waals surface area contributed by atoms with E-state index in [0.29, 0.717) is 12.3 Å². The molecule has 1 aromatic rings. The number of hydrogen-bond acceptors (Lipinski definition) is 4. The summed E-state index contributed by atoms with van der Waals surface area (Å²) < 4.78 is 7.04. The Kier molecular flexibility index (Phi) is 7.91. The number of rotatable bonds is 6. The van der Waals surface area contributed by atoms with Crippen LogP contribution in [0.3, 0.4) is 0 Å². The van der Waals surface area contributed by atoms with Gasteiger partial charge in [-0.2, -0.15) is 11.8 Å². The van der Waals surface area contributed by atoms with Crippen LogP contribution in [0.15, 0.2) is 22.7 Å². The molecule has 1 heterocycles. The Bertz CT molecular complexity index is 737. The van der Waals surface area contributed by atoms with E-state index in [1.54, 1.807) is 16.7 Å². The molecule has 3 rings (SSSR count). The first-order chi connectivity index (χ1) is 13.9. The molecule has 1 aliphatic carbocycles. The first kappa shape index (κ1) is 22.5. The van der Waals surface area contributed by atoms with E-state index >= 15 is 0 Å². The number of hydrogen-bond donors (Lipinski definition) is 1. The van der Waals surface area contributed by atoms with E-state index < -0.39 is 12.1 Å². The second-order valence-electron chi connectivity index (χ2n) is 8.24. The third kappa shape index (κ3) is 5.29. The van der Waals surface area contributed by atoms with Crippen LogP contribution in [0.5, 0.6) is 5.75 Å². The van der Waals surface area contributed by atoms with Crippen molar-refractivity contribution in [3.05, 3.63) is 28.2 Å². The molecule has 0 spiro atoms. The van der Waals surface area contributed by atoms with Gasteiger partial charge in [-0.05, 0) is 43.2 Å². The van der Waals surface area contributed by atoms with E-state index in [2.05, 4.69) is 21.2 Å². The fraction of sp³-hybridized carbons (Fsp3) is 0.636. The number of fused-ring (bicyclic) bond motifs is 1. The summed E-state index contributed by atoms with van der Waals surface area (Å²) in [5.41, 5.74) is 0.755. The molecule has 2 amide bonds. The van der Waals surface area contributed by atoms with Crippen LogP contribution in [0.4, 0.5) is 0 Å². The predicted molar refractivity (Wildman–Crippen MR) is 121 cm³/mol. The number of amides is 2. The minimum Gasteiger partial charge on any atom is -0.480 e. The molecule has 7 heteroatoms. The van der Waals surface area contributed by atoms with Crippen molar-refractivity contribution in [2.75, 3.05) is 18.6 Å². The highest BCUT2D eigenvalue weighted by Gasteiger charge is 2.42. The lowest BCUT2D eigenvalue weighted by atomic mass is 9.94. The highest BCUT2D eigenvalue weighted by molar-refractivity contribution is 9.10. The van der Waals surface area contributed by atoms with Crippen molar-refractivity contribution in [2.45, 2.75) is 64.1 Å². The second-order valence-corrected chi connectivity index (χ2v) is 10.1. The Hall–Kier alpha value is -1.21. The number of nitrogens with one attached hydrogen (secondary N) is 1. The summed E-state index contributed by atoms with van der Waals surface area (Å²) >= 11 is 5.20. The van der Waals surface area contributed by atoms with Gasteiger partial charge in [0.05, 0.1) is 0 Å². The average molecular weight is 483 g/mol. The first-order valence-electron chi connectivity index (χ1n) is 10.5. The summed E-state index contributed by atoms with van der Waals surface area (Å²) in [4.78, 5) is 28.7. The van der Waals surface area contributed by atoms with Gasteiger partial charge >= 0.3 is 0 Å². The van der Waals surface area contributed by atoms with Gasteiger partial charge in [-0.25, -0.2) is 0 Å². The molecule has 1 aromatic carbocycles. The number of thioether (sulfide) groups is 1. The number of ether oxygens (including phenoxy) is 1. The zero-order valence-corrected chi connectivity index (χ0v) is 19.9. The van der Waals surface area contributed by atoms with Crippen LogP contribution in [-0.4, -0.2) is 47.4 Å². The molecule has 0 aromatic heterocycles. The summed E-state index contributed by atoms with van der Waals surface area (Å²) in [7, 11) is 0. The van der Waals surface area contributed by atoms with Crippen molar-refractivity contribution in [1.82, 2.24) is 10.2 Å². The smallest absolute Gasteiger partial charge is 0.264 e. The largest absolute Gasteiger partial charge is 0.480 e. The minimum absolute atomic E-state index is 0.0101. The second kappa shape index (κ2) is 10.2. The number of benzene rings is 1. The Balaban J connectivity index is 2.00. The molecule has 0 bridgehead atoms. The number of carbonyl (C=O) groups excluding carboxylic acids is 2. The molecule has 1 aliphatic heterocycles. The molecule has 1 N–H and O–H groups in total. The molecule has 29 heavy (non-hydrogen) atoms. The van der Waals surface area contributed by atoms with Gasteiger partial charge in [-0.15, -0.1) is 0 Å². The van der Waals surface area contributed by atoms with Gasteiger partial charge in [0.25, 0.3) is 5.91 Å². The number of halogens is 1. The molecular weight excluding hydrogens is 452 g/mol. The molecule has 2 unspecified atom stereocenters.